The number of hydrogen-bond donors (Lipinski definition) is 1. The van der Waals surface area contributed by atoms with Gasteiger partial charge in [0.1, 0.15) is 11.6 Å². The zero-order valence-corrected chi connectivity index (χ0v) is 23.7. The van der Waals surface area contributed by atoms with Crippen LogP contribution in [0.25, 0.3) is 0 Å². The molecular weight excluding hydrogens is 498 g/mol. The molecule has 2 aromatic rings. The summed E-state index contributed by atoms with van der Waals surface area (Å²) in [6.07, 6.45) is 7.22. The number of hydrogen-bond acceptors (Lipinski definition) is 8. The Kier molecular flexibility index (Phi) is 13.7. The number of pyridine rings is 2. The predicted molar refractivity (Wildman–Crippen MR) is 150 cm³/mol. The molecule has 0 atom stereocenters. The number of aromatic nitrogens is 2. The van der Waals surface area contributed by atoms with Crippen molar-refractivity contribution in [2.75, 3.05) is 45.1 Å². The van der Waals surface area contributed by atoms with Gasteiger partial charge in [0.05, 0.1) is 13.2 Å². The average Bonchev–Trinajstić information content (AvgIpc) is 2.93. The fourth-order valence-electron chi connectivity index (χ4n) is 4.08. The summed E-state index contributed by atoms with van der Waals surface area (Å²) >= 11 is 0. The molecule has 4 rings (SSSR count). The molecule has 2 saturated heterocycles. The van der Waals surface area contributed by atoms with Crippen molar-refractivity contribution in [3.63, 3.8) is 0 Å². The number of carbonyl (C=O) groups excluding carboxylic acids is 3. The van der Waals surface area contributed by atoms with Gasteiger partial charge in [-0.05, 0) is 76.1 Å². The Labute approximate surface area is 231 Å². The molecular formula is C29H43N5O5. The molecule has 4 heterocycles. The van der Waals surface area contributed by atoms with E-state index in [1.54, 1.807) is 24.1 Å². The summed E-state index contributed by atoms with van der Waals surface area (Å²) in [5.41, 5.74) is 8.80. The Morgan fingerprint density at radius 1 is 0.846 bits per heavy atom. The second kappa shape index (κ2) is 17.0. The van der Waals surface area contributed by atoms with Crippen molar-refractivity contribution in [3.8, 4) is 0 Å². The third-order valence-electron chi connectivity index (χ3n) is 6.39. The van der Waals surface area contributed by atoms with Crippen molar-refractivity contribution in [1.29, 1.82) is 0 Å². The number of carbonyl (C=O) groups is 3. The van der Waals surface area contributed by atoms with Crippen molar-refractivity contribution >= 4 is 23.8 Å². The number of rotatable bonds is 4. The molecule has 2 amide bonds. The number of anilines is 1. The highest BCUT2D eigenvalue weighted by molar-refractivity contribution is 5.81. The summed E-state index contributed by atoms with van der Waals surface area (Å²) in [7, 11) is 0. The SMILES string of the molecule is CCOC(=O)N1CCC(=O)CC1.CCOC(=O)N1CCC(Cc2ccc(C)cn2)CC1.Cc1ccc(N)nc1. The third-order valence-corrected chi connectivity index (χ3v) is 6.39. The molecule has 2 aliphatic heterocycles. The van der Waals surface area contributed by atoms with Gasteiger partial charge in [0, 0.05) is 57.1 Å². The van der Waals surface area contributed by atoms with Gasteiger partial charge in [0.15, 0.2) is 0 Å². The summed E-state index contributed by atoms with van der Waals surface area (Å²) < 4.78 is 9.81. The van der Waals surface area contributed by atoms with E-state index in [0.29, 0.717) is 50.9 Å². The minimum atomic E-state index is -0.301. The zero-order chi connectivity index (χ0) is 28.6. The molecule has 2 aliphatic rings. The molecule has 0 bridgehead atoms. The van der Waals surface area contributed by atoms with E-state index >= 15 is 0 Å². The fourth-order valence-corrected chi connectivity index (χ4v) is 4.08. The first-order chi connectivity index (χ1) is 18.7. The normalized spacial score (nSPS) is 15.3. The number of nitrogens with two attached hydrogens (primary N) is 1. The maximum atomic E-state index is 11.6. The first-order valence-electron chi connectivity index (χ1n) is 13.7. The molecule has 0 radical (unpaired) electrons. The number of nitrogen functional groups attached to an aromatic ring is 1. The summed E-state index contributed by atoms with van der Waals surface area (Å²) in [6.45, 7) is 11.1. The summed E-state index contributed by atoms with van der Waals surface area (Å²) in [6, 6.07) is 7.93. The van der Waals surface area contributed by atoms with Crippen LogP contribution in [-0.2, 0) is 20.7 Å². The lowest BCUT2D eigenvalue weighted by Gasteiger charge is -2.31. The van der Waals surface area contributed by atoms with Crippen LogP contribution < -0.4 is 5.73 Å². The smallest absolute Gasteiger partial charge is 0.409 e. The Bertz CT molecular complexity index is 990. The standard InChI is InChI=1S/C15H22N2O2.C8H13NO3.C6H8N2/c1-3-19-15(18)17-8-6-13(7-9-17)10-14-5-4-12(2)11-16-14;1-2-12-8(11)9-5-3-7(10)4-6-9;1-5-2-3-6(7)8-4-5/h4-5,11,13H,3,6-10H2,1-2H3;2-6H2,1H3;2-4H,1H3,(H2,7,8). The quantitative estimate of drug-likeness (QED) is 0.596. The van der Waals surface area contributed by atoms with Gasteiger partial charge in [-0.3, -0.25) is 9.78 Å². The predicted octanol–water partition coefficient (Wildman–Crippen LogP) is 4.58. The van der Waals surface area contributed by atoms with Crippen LogP contribution >= 0.6 is 0 Å². The van der Waals surface area contributed by atoms with E-state index in [1.807, 2.05) is 31.0 Å². The van der Waals surface area contributed by atoms with Crippen LogP contribution in [0, 0.1) is 19.8 Å². The van der Waals surface area contributed by atoms with Gasteiger partial charge >= 0.3 is 12.2 Å². The average molecular weight is 542 g/mol. The van der Waals surface area contributed by atoms with Gasteiger partial charge in [-0.1, -0.05) is 12.1 Å². The molecule has 2 N–H and O–H groups in total. The topological polar surface area (TPSA) is 128 Å². The van der Waals surface area contributed by atoms with E-state index in [2.05, 4.69) is 29.0 Å². The van der Waals surface area contributed by atoms with Crippen LogP contribution in [0.2, 0.25) is 0 Å². The Hall–Kier alpha value is -3.69. The van der Waals surface area contributed by atoms with E-state index in [1.165, 1.54) is 5.56 Å². The molecule has 0 saturated carbocycles. The van der Waals surface area contributed by atoms with E-state index in [-0.39, 0.29) is 18.0 Å². The number of aryl methyl sites for hydroxylation is 2. The lowest BCUT2D eigenvalue weighted by molar-refractivity contribution is -0.121. The van der Waals surface area contributed by atoms with Crippen molar-refractivity contribution < 1.29 is 23.9 Å². The van der Waals surface area contributed by atoms with Gasteiger partial charge in [0.25, 0.3) is 0 Å². The lowest BCUT2D eigenvalue weighted by atomic mass is 9.92. The van der Waals surface area contributed by atoms with Gasteiger partial charge in [-0.15, -0.1) is 0 Å². The second-order valence-corrected chi connectivity index (χ2v) is 9.65. The first-order valence-corrected chi connectivity index (χ1v) is 13.7. The molecule has 214 valence electrons. The van der Waals surface area contributed by atoms with Crippen molar-refractivity contribution in [1.82, 2.24) is 19.8 Å². The summed E-state index contributed by atoms with van der Waals surface area (Å²) in [5, 5.41) is 0. The van der Waals surface area contributed by atoms with Gasteiger partial charge in [-0.2, -0.15) is 0 Å². The summed E-state index contributed by atoms with van der Waals surface area (Å²) in [4.78, 5) is 45.2. The number of ketones is 1. The largest absolute Gasteiger partial charge is 0.450 e. The van der Waals surface area contributed by atoms with Crippen molar-refractivity contribution in [3.05, 3.63) is 53.5 Å². The van der Waals surface area contributed by atoms with Crippen molar-refractivity contribution in [2.24, 2.45) is 5.92 Å². The van der Waals surface area contributed by atoms with E-state index in [9.17, 15) is 14.4 Å². The maximum absolute atomic E-state index is 11.6. The highest BCUT2D eigenvalue weighted by Gasteiger charge is 2.24. The van der Waals surface area contributed by atoms with Gasteiger partial charge in [0.2, 0.25) is 0 Å². The van der Waals surface area contributed by atoms with Crippen LogP contribution in [0.1, 0.15) is 56.4 Å². The molecule has 0 spiro atoms. The number of likely N-dealkylation sites (tertiary alicyclic amines) is 2. The maximum Gasteiger partial charge on any atom is 0.409 e. The molecule has 39 heavy (non-hydrogen) atoms. The number of Topliss-reactive ketones (excluding diaryl/α,β-unsaturated/α-hetero) is 1. The molecule has 0 unspecified atom stereocenters. The lowest BCUT2D eigenvalue weighted by Crippen LogP contribution is -2.39. The molecule has 10 nitrogen and oxygen atoms in total. The van der Waals surface area contributed by atoms with Crippen LogP contribution in [0.3, 0.4) is 0 Å². The number of piperidine rings is 2. The van der Waals surface area contributed by atoms with Crippen LogP contribution in [-0.4, -0.2) is 77.1 Å². The Morgan fingerprint density at radius 2 is 1.36 bits per heavy atom. The summed E-state index contributed by atoms with van der Waals surface area (Å²) in [5.74, 6) is 1.44. The number of ether oxygens (including phenoxy) is 2. The Balaban J connectivity index is 0.000000227. The van der Waals surface area contributed by atoms with Crippen LogP contribution in [0.15, 0.2) is 36.7 Å². The monoisotopic (exact) mass is 541 g/mol. The minimum absolute atomic E-state index is 0.172. The third kappa shape index (κ3) is 12.1. The fraction of sp³-hybridized carbons (Fsp3) is 0.552. The highest BCUT2D eigenvalue weighted by atomic mass is 16.6. The number of nitrogens with zero attached hydrogens (tertiary/aromatic N) is 4. The molecule has 0 aliphatic carbocycles. The first kappa shape index (κ1) is 31.5. The molecule has 2 aromatic heterocycles. The Morgan fingerprint density at radius 3 is 1.79 bits per heavy atom. The van der Waals surface area contributed by atoms with Crippen LogP contribution in [0.4, 0.5) is 15.4 Å². The van der Waals surface area contributed by atoms with E-state index in [0.717, 1.165) is 43.6 Å². The van der Waals surface area contributed by atoms with E-state index in [4.69, 9.17) is 15.2 Å². The molecule has 0 aromatic carbocycles. The zero-order valence-electron chi connectivity index (χ0n) is 23.7. The van der Waals surface area contributed by atoms with Gasteiger partial charge < -0.3 is 25.0 Å². The molecule has 2 fully saturated rings. The second-order valence-electron chi connectivity index (χ2n) is 9.65. The van der Waals surface area contributed by atoms with Gasteiger partial charge in [-0.25, -0.2) is 14.6 Å². The van der Waals surface area contributed by atoms with Crippen LogP contribution in [0.5, 0.6) is 0 Å². The molecule has 10 heteroatoms. The van der Waals surface area contributed by atoms with Crippen molar-refractivity contribution in [2.45, 2.75) is 59.8 Å². The number of amides is 2. The minimum Gasteiger partial charge on any atom is -0.450 e. The van der Waals surface area contributed by atoms with E-state index < -0.39 is 0 Å². The highest BCUT2D eigenvalue weighted by Crippen LogP contribution is 2.21.